The van der Waals surface area contributed by atoms with Crippen LogP contribution in [-0.2, 0) is 19.1 Å². The highest BCUT2D eigenvalue weighted by Gasteiger charge is 2.77. The molecule has 0 aliphatic carbocycles. The highest BCUT2D eigenvalue weighted by atomic mass is 79.9. The summed E-state index contributed by atoms with van der Waals surface area (Å²) < 4.78 is 6.77. The van der Waals surface area contributed by atoms with Gasteiger partial charge in [0.1, 0.15) is 11.6 Å². The molecule has 45 heavy (non-hydrogen) atoms. The van der Waals surface area contributed by atoms with Crippen LogP contribution in [0.1, 0.15) is 53.9 Å². The van der Waals surface area contributed by atoms with Crippen LogP contribution < -0.4 is 9.80 Å². The van der Waals surface area contributed by atoms with Crippen molar-refractivity contribution in [3.05, 3.63) is 49.6 Å². The second-order valence-corrected chi connectivity index (χ2v) is 14.1. The second kappa shape index (κ2) is 14.8. The van der Waals surface area contributed by atoms with Crippen molar-refractivity contribution < 1.29 is 24.2 Å². The molecule has 7 atom stereocenters. The molecule has 4 rings (SSSR count). The van der Waals surface area contributed by atoms with Crippen molar-refractivity contribution in [2.75, 3.05) is 49.1 Å². The minimum atomic E-state index is -1.22. The van der Waals surface area contributed by atoms with Crippen LogP contribution in [0.5, 0.6) is 0 Å². The van der Waals surface area contributed by atoms with Crippen molar-refractivity contribution in [3.8, 4) is 0 Å². The standard InChI is InChI=1S/C35H51BrN4O5/c1-8-17-38(18-9-2)32(42)28-29-33(43)40(26(22-41)20-23(6)7)31(35(29)21-27(36)30(28)45-35)34(44)39(19-10-3)25-15-13-24(14-16-25)37(11-4)12-5/h8,10,13-16,23,26-31,41H,1,3,9,11-12,17-22H2,2,4-7H3/t26-,27?,28-,29+,30-,31?,35?/m1/s1. The molecule has 3 heterocycles. The Hall–Kier alpha value is -2.69. The van der Waals surface area contributed by atoms with E-state index in [0.29, 0.717) is 31.6 Å². The van der Waals surface area contributed by atoms with Gasteiger partial charge in [-0.15, -0.1) is 13.2 Å². The Kier molecular flexibility index (Phi) is 11.6. The van der Waals surface area contributed by atoms with Gasteiger partial charge >= 0.3 is 0 Å². The Labute approximate surface area is 277 Å². The van der Waals surface area contributed by atoms with E-state index in [1.807, 2.05) is 45.0 Å². The van der Waals surface area contributed by atoms with Gasteiger partial charge < -0.3 is 29.4 Å². The van der Waals surface area contributed by atoms with Crippen molar-refractivity contribution in [1.29, 1.82) is 0 Å². The number of aliphatic hydroxyl groups is 1. The summed E-state index contributed by atoms with van der Waals surface area (Å²) in [5, 5.41) is 10.7. The maximum atomic E-state index is 15.0. The first-order valence-corrected chi connectivity index (χ1v) is 17.4. The van der Waals surface area contributed by atoms with E-state index in [4.69, 9.17) is 4.74 Å². The molecule has 1 N–H and O–H groups in total. The number of ether oxygens (including phenoxy) is 1. The Morgan fingerprint density at radius 1 is 1.09 bits per heavy atom. The molecule has 0 saturated carbocycles. The number of halogens is 1. The lowest BCUT2D eigenvalue weighted by molar-refractivity contribution is -0.147. The van der Waals surface area contributed by atoms with E-state index in [1.165, 1.54) is 0 Å². The monoisotopic (exact) mass is 686 g/mol. The Balaban J connectivity index is 1.82. The number of aliphatic hydroxyl groups excluding tert-OH is 1. The summed E-state index contributed by atoms with van der Waals surface area (Å²) >= 11 is 3.78. The zero-order valence-electron chi connectivity index (χ0n) is 27.5. The van der Waals surface area contributed by atoms with Crippen LogP contribution in [0.15, 0.2) is 49.6 Å². The third-order valence-corrected chi connectivity index (χ3v) is 10.5. The minimum absolute atomic E-state index is 0.154. The van der Waals surface area contributed by atoms with Crippen LogP contribution in [0, 0.1) is 17.8 Å². The third kappa shape index (κ3) is 6.34. The second-order valence-electron chi connectivity index (χ2n) is 12.9. The maximum Gasteiger partial charge on any atom is 0.253 e. The number of anilines is 2. The van der Waals surface area contributed by atoms with Crippen molar-refractivity contribution >= 4 is 45.0 Å². The van der Waals surface area contributed by atoms with E-state index in [0.717, 1.165) is 25.2 Å². The van der Waals surface area contributed by atoms with E-state index in [1.54, 1.807) is 26.9 Å². The number of amides is 3. The first-order chi connectivity index (χ1) is 21.5. The number of likely N-dealkylation sites (tertiary alicyclic amines) is 1. The van der Waals surface area contributed by atoms with Crippen LogP contribution in [0.4, 0.5) is 11.4 Å². The molecular weight excluding hydrogens is 636 g/mol. The summed E-state index contributed by atoms with van der Waals surface area (Å²) in [7, 11) is 0. The molecule has 1 spiro atoms. The summed E-state index contributed by atoms with van der Waals surface area (Å²) in [4.78, 5) is 50.8. The van der Waals surface area contributed by atoms with Crippen molar-refractivity contribution in [1.82, 2.24) is 9.80 Å². The van der Waals surface area contributed by atoms with E-state index < -0.39 is 35.6 Å². The van der Waals surface area contributed by atoms with Crippen LogP contribution in [0.3, 0.4) is 0 Å². The molecule has 248 valence electrons. The number of rotatable bonds is 16. The van der Waals surface area contributed by atoms with Gasteiger partial charge in [-0.05, 0) is 63.3 Å². The molecule has 3 saturated heterocycles. The molecule has 3 aliphatic heterocycles. The molecule has 1 aromatic carbocycles. The van der Waals surface area contributed by atoms with Gasteiger partial charge in [0, 0.05) is 48.9 Å². The first-order valence-electron chi connectivity index (χ1n) is 16.5. The zero-order chi connectivity index (χ0) is 33.1. The Bertz CT molecular complexity index is 1240. The molecule has 0 aromatic heterocycles. The van der Waals surface area contributed by atoms with E-state index >= 15 is 0 Å². The molecular formula is C35H51BrN4O5. The quantitative estimate of drug-likeness (QED) is 0.201. The summed E-state index contributed by atoms with van der Waals surface area (Å²) in [6.07, 6.45) is 4.50. The Morgan fingerprint density at radius 3 is 2.24 bits per heavy atom. The van der Waals surface area contributed by atoms with Gasteiger partial charge in [-0.3, -0.25) is 14.4 Å². The number of alkyl halides is 1. The SMILES string of the molecule is C=CCN(CCC)C(=O)[C@H]1[C@@H]2OC3(CC2Br)C(C(=O)N(CC=C)c2ccc(N(CC)CC)cc2)N([C@@H](CO)CC(C)C)C(=O)[C@H]13. The smallest absolute Gasteiger partial charge is 0.253 e. The van der Waals surface area contributed by atoms with Gasteiger partial charge in [-0.25, -0.2) is 0 Å². The highest BCUT2D eigenvalue weighted by Crippen LogP contribution is 2.61. The lowest BCUT2D eigenvalue weighted by Crippen LogP contribution is -2.59. The van der Waals surface area contributed by atoms with Crippen molar-refractivity contribution in [2.45, 2.75) is 82.5 Å². The maximum absolute atomic E-state index is 15.0. The van der Waals surface area contributed by atoms with E-state index in [9.17, 15) is 19.5 Å². The average molecular weight is 688 g/mol. The third-order valence-electron chi connectivity index (χ3n) is 9.62. The predicted molar refractivity (Wildman–Crippen MR) is 182 cm³/mol. The molecule has 3 unspecified atom stereocenters. The van der Waals surface area contributed by atoms with Crippen LogP contribution in [-0.4, -0.2) is 101 Å². The number of benzene rings is 1. The normalized spacial score (nSPS) is 27.4. The molecule has 0 radical (unpaired) electrons. The molecule has 3 fully saturated rings. The number of hydrogen-bond acceptors (Lipinski definition) is 6. The minimum Gasteiger partial charge on any atom is -0.394 e. The molecule has 2 bridgehead atoms. The summed E-state index contributed by atoms with van der Waals surface area (Å²) in [6.45, 7) is 20.6. The lowest BCUT2D eigenvalue weighted by atomic mass is 9.70. The van der Waals surface area contributed by atoms with Crippen LogP contribution in [0.25, 0.3) is 0 Å². The van der Waals surface area contributed by atoms with Gasteiger partial charge in [-0.2, -0.15) is 0 Å². The predicted octanol–water partition coefficient (Wildman–Crippen LogP) is 4.63. The fourth-order valence-corrected chi connectivity index (χ4v) is 8.74. The van der Waals surface area contributed by atoms with E-state index in [2.05, 4.69) is 47.8 Å². The molecule has 9 nitrogen and oxygen atoms in total. The summed E-state index contributed by atoms with van der Waals surface area (Å²) in [5.41, 5.74) is 0.522. The van der Waals surface area contributed by atoms with Gasteiger partial charge in [0.25, 0.3) is 5.91 Å². The van der Waals surface area contributed by atoms with E-state index in [-0.39, 0.29) is 41.6 Å². The number of carbonyl (C=O) groups is 3. The highest BCUT2D eigenvalue weighted by molar-refractivity contribution is 9.09. The van der Waals surface area contributed by atoms with Crippen molar-refractivity contribution in [3.63, 3.8) is 0 Å². The summed E-state index contributed by atoms with van der Waals surface area (Å²) in [5.74, 6) is -2.17. The number of nitrogens with zero attached hydrogens (tertiary/aromatic N) is 4. The summed E-state index contributed by atoms with van der Waals surface area (Å²) in [6, 6.07) is 6.23. The molecule has 3 aliphatic rings. The van der Waals surface area contributed by atoms with Crippen LogP contribution in [0.2, 0.25) is 0 Å². The average Bonchev–Trinajstić information content (AvgIpc) is 3.62. The first kappa shape index (κ1) is 35.2. The number of carbonyl (C=O) groups excluding carboxylic acids is 3. The van der Waals surface area contributed by atoms with Gasteiger partial charge in [0.05, 0.1) is 30.6 Å². The largest absolute Gasteiger partial charge is 0.394 e. The number of fused-ring (bicyclic) bond motifs is 1. The zero-order valence-corrected chi connectivity index (χ0v) is 29.1. The topological polar surface area (TPSA) is 93.6 Å². The van der Waals surface area contributed by atoms with Crippen LogP contribution >= 0.6 is 15.9 Å². The van der Waals surface area contributed by atoms with Gasteiger partial charge in [0.15, 0.2) is 0 Å². The fraction of sp³-hybridized carbons (Fsp3) is 0.629. The molecule has 3 amide bonds. The Morgan fingerprint density at radius 2 is 1.71 bits per heavy atom. The van der Waals surface area contributed by atoms with Gasteiger partial charge in [-0.1, -0.05) is 48.9 Å². The fourth-order valence-electron chi connectivity index (χ4n) is 7.80. The van der Waals surface area contributed by atoms with Crippen molar-refractivity contribution in [2.24, 2.45) is 17.8 Å². The van der Waals surface area contributed by atoms with Gasteiger partial charge in [0.2, 0.25) is 11.8 Å². The number of hydrogen-bond donors (Lipinski definition) is 1. The lowest BCUT2D eigenvalue weighted by Gasteiger charge is -2.40. The molecule has 10 heteroatoms. The molecule has 1 aromatic rings.